The second-order valence-corrected chi connectivity index (χ2v) is 5.73. The van der Waals surface area contributed by atoms with Gasteiger partial charge in [0.25, 0.3) is 5.69 Å². The number of imidazole rings is 1. The van der Waals surface area contributed by atoms with Crippen molar-refractivity contribution >= 4 is 22.7 Å². The molecule has 1 aromatic heterocycles. The Bertz CT molecular complexity index is 630. The van der Waals surface area contributed by atoms with Crippen molar-refractivity contribution in [3.05, 3.63) is 28.3 Å². The number of nitro groups is 1. The van der Waals surface area contributed by atoms with Crippen molar-refractivity contribution in [3.63, 3.8) is 0 Å². The number of fused-ring (bicyclic) bond motifs is 1. The number of nitrogens with one attached hydrogen (secondary N) is 2. The summed E-state index contributed by atoms with van der Waals surface area (Å²) >= 11 is 0. The van der Waals surface area contributed by atoms with E-state index in [1.165, 1.54) is 44.2 Å². The van der Waals surface area contributed by atoms with Crippen LogP contribution in [0.3, 0.4) is 0 Å². The number of aromatic nitrogens is 2. The second kappa shape index (κ2) is 6.11. The lowest BCUT2D eigenvalue weighted by Gasteiger charge is -2.20. The van der Waals surface area contributed by atoms with Gasteiger partial charge in [-0.1, -0.05) is 32.1 Å². The van der Waals surface area contributed by atoms with Crippen molar-refractivity contribution in [2.45, 2.75) is 51.0 Å². The van der Waals surface area contributed by atoms with Gasteiger partial charge >= 0.3 is 0 Å². The molecule has 1 aliphatic carbocycles. The average Bonchev–Trinajstić information content (AvgIpc) is 2.82. The first kappa shape index (κ1) is 13.9. The summed E-state index contributed by atoms with van der Waals surface area (Å²) in [6.07, 6.45) is 8.80. The van der Waals surface area contributed by atoms with Crippen LogP contribution in [0, 0.1) is 10.1 Å². The summed E-state index contributed by atoms with van der Waals surface area (Å²) in [4.78, 5) is 18.0. The summed E-state index contributed by atoms with van der Waals surface area (Å²) in [7, 11) is 0. The van der Waals surface area contributed by atoms with Crippen LogP contribution in [-0.2, 0) is 0 Å². The Morgan fingerprint density at radius 2 is 1.90 bits per heavy atom. The summed E-state index contributed by atoms with van der Waals surface area (Å²) in [5.74, 6) is 0.719. The monoisotopic (exact) mass is 288 g/mol. The van der Waals surface area contributed by atoms with Crippen LogP contribution in [0.4, 0.5) is 11.6 Å². The fraction of sp³-hybridized carbons (Fsp3) is 0.533. The van der Waals surface area contributed by atoms with E-state index in [4.69, 9.17) is 0 Å². The maximum atomic E-state index is 10.8. The molecule has 1 aromatic carbocycles. The number of hydrogen-bond donors (Lipinski definition) is 2. The van der Waals surface area contributed by atoms with Gasteiger partial charge in [-0.3, -0.25) is 10.1 Å². The molecule has 0 unspecified atom stereocenters. The Morgan fingerprint density at radius 3 is 2.62 bits per heavy atom. The van der Waals surface area contributed by atoms with Crippen molar-refractivity contribution in [2.75, 3.05) is 5.32 Å². The van der Waals surface area contributed by atoms with Crippen LogP contribution in [-0.4, -0.2) is 20.9 Å². The van der Waals surface area contributed by atoms with Crippen molar-refractivity contribution in [2.24, 2.45) is 0 Å². The smallest absolute Gasteiger partial charge is 0.271 e. The summed E-state index contributed by atoms with van der Waals surface area (Å²) in [6, 6.07) is 5.16. The first-order chi connectivity index (χ1) is 10.2. The van der Waals surface area contributed by atoms with Gasteiger partial charge in [0.1, 0.15) is 0 Å². The minimum atomic E-state index is -0.387. The van der Waals surface area contributed by atoms with Gasteiger partial charge in [0, 0.05) is 18.2 Å². The van der Waals surface area contributed by atoms with Crippen LogP contribution < -0.4 is 5.32 Å². The molecule has 112 valence electrons. The number of H-pyrrole nitrogens is 1. The van der Waals surface area contributed by atoms with Crippen LogP contribution in [0.25, 0.3) is 11.0 Å². The number of hydrogen-bond acceptors (Lipinski definition) is 4. The lowest BCUT2D eigenvalue weighted by Crippen LogP contribution is -2.21. The first-order valence-electron chi connectivity index (χ1n) is 7.63. The van der Waals surface area contributed by atoms with E-state index >= 15 is 0 Å². The van der Waals surface area contributed by atoms with Crippen LogP contribution in [0.15, 0.2) is 18.2 Å². The Balaban J connectivity index is 1.75. The molecule has 0 amide bonds. The van der Waals surface area contributed by atoms with Crippen molar-refractivity contribution < 1.29 is 4.92 Å². The number of benzene rings is 1. The molecule has 2 N–H and O–H groups in total. The van der Waals surface area contributed by atoms with E-state index in [9.17, 15) is 10.1 Å². The summed E-state index contributed by atoms with van der Waals surface area (Å²) in [6.45, 7) is 0. The summed E-state index contributed by atoms with van der Waals surface area (Å²) < 4.78 is 0. The Morgan fingerprint density at radius 1 is 1.19 bits per heavy atom. The van der Waals surface area contributed by atoms with E-state index in [1.54, 1.807) is 6.07 Å². The minimum Gasteiger partial charge on any atom is -0.353 e. The maximum Gasteiger partial charge on any atom is 0.271 e. The molecule has 2 aromatic rings. The highest BCUT2D eigenvalue weighted by atomic mass is 16.6. The SMILES string of the molecule is O=[N+]([O-])c1ccc2nc(NC3CCCCCCC3)[nH]c2c1. The summed E-state index contributed by atoms with van der Waals surface area (Å²) in [5.41, 5.74) is 1.55. The Hall–Kier alpha value is -2.11. The Labute approximate surface area is 123 Å². The largest absolute Gasteiger partial charge is 0.353 e. The molecule has 6 heteroatoms. The highest BCUT2D eigenvalue weighted by molar-refractivity contribution is 5.79. The molecule has 0 radical (unpaired) electrons. The zero-order valence-corrected chi connectivity index (χ0v) is 12.0. The normalized spacial score (nSPS) is 17.3. The van der Waals surface area contributed by atoms with E-state index in [0.29, 0.717) is 11.6 Å². The lowest BCUT2D eigenvalue weighted by molar-refractivity contribution is -0.384. The summed E-state index contributed by atoms with van der Waals surface area (Å²) in [5, 5.41) is 14.2. The molecule has 0 bridgehead atoms. The van der Waals surface area contributed by atoms with Crippen molar-refractivity contribution in [1.82, 2.24) is 9.97 Å². The van der Waals surface area contributed by atoms with Gasteiger partial charge in [-0.2, -0.15) is 0 Å². The van der Waals surface area contributed by atoms with Crippen LogP contribution in [0.1, 0.15) is 44.9 Å². The van der Waals surface area contributed by atoms with E-state index < -0.39 is 0 Å². The number of rotatable bonds is 3. The predicted molar refractivity (Wildman–Crippen MR) is 82.5 cm³/mol. The fourth-order valence-electron chi connectivity index (χ4n) is 2.97. The molecule has 3 rings (SSSR count). The fourth-order valence-corrected chi connectivity index (χ4v) is 2.97. The van der Waals surface area contributed by atoms with Gasteiger partial charge < -0.3 is 10.3 Å². The molecule has 1 aliphatic rings. The molecule has 1 heterocycles. The van der Waals surface area contributed by atoms with Gasteiger partial charge in [0.2, 0.25) is 5.95 Å². The quantitative estimate of drug-likeness (QED) is 0.660. The van der Waals surface area contributed by atoms with E-state index in [1.807, 2.05) is 0 Å². The molecule has 1 saturated carbocycles. The van der Waals surface area contributed by atoms with Crippen molar-refractivity contribution in [3.8, 4) is 0 Å². The zero-order chi connectivity index (χ0) is 14.7. The topological polar surface area (TPSA) is 83.8 Å². The molecule has 6 nitrogen and oxygen atoms in total. The van der Waals surface area contributed by atoms with Crippen molar-refractivity contribution in [1.29, 1.82) is 0 Å². The van der Waals surface area contributed by atoms with E-state index in [0.717, 1.165) is 24.3 Å². The average molecular weight is 288 g/mol. The zero-order valence-electron chi connectivity index (χ0n) is 12.0. The van der Waals surface area contributed by atoms with E-state index in [2.05, 4.69) is 15.3 Å². The molecule has 0 spiro atoms. The predicted octanol–water partition coefficient (Wildman–Crippen LogP) is 4.00. The highest BCUT2D eigenvalue weighted by Crippen LogP contribution is 2.23. The van der Waals surface area contributed by atoms with Crippen LogP contribution >= 0.6 is 0 Å². The number of nitrogens with zero attached hydrogens (tertiary/aromatic N) is 2. The number of aromatic amines is 1. The second-order valence-electron chi connectivity index (χ2n) is 5.73. The molecule has 21 heavy (non-hydrogen) atoms. The Kier molecular flexibility index (Phi) is 4.03. The minimum absolute atomic E-state index is 0.0867. The lowest BCUT2D eigenvalue weighted by atomic mass is 9.97. The van der Waals surface area contributed by atoms with Gasteiger partial charge in [0.05, 0.1) is 16.0 Å². The molecule has 0 atom stereocenters. The first-order valence-corrected chi connectivity index (χ1v) is 7.63. The van der Waals surface area contributed by atoms with Gasteiger partial charge in [0.15, 0.2) is 0 Å². The maximum absolute atomic E-state index is 10.8. The van der Waals surface area contributed by atoms with Crippen LogP contribution in [0.2, 0.25) is 0 Å². The molecule has 0 aliphatic heterocycles. The van der Waals surface area contributed by atoms with Gasteiger partial charge in [-0.05, 0) is 18.9 Å². The molecular formula is C15H20N4O2. The van der Waals surface area contributed by atoms with E-state index in [-0.39, 0.29) is 10.6 Å². The number of anilines is 1. The number of non-ortho nitro benzene ring substituents is 1. The third-order valence-electron chi connectivity index (χ3n) is 4.12. The molecule has 1 fully saturated rings. The number of nitro benzene ring substituents is 1. The third kappa shape index (κ3) is 3.32. The molecular weight excluding hydrogens is 268 g/mol. The highest BCUT2D eigenvalue weighted by Gasteiger charge is 2.14. The van der Waals surface area contributed by atoms with Crippen LogP contribution in [0.5, 0.6) is 0 Å². The van der Waals surface area contributed by atoms with Gasteiger partial charge in [-0.15, -0.1) is 0 Å². The standard InChI is InChI=1S/C15H20N4O2/c20-19(21)12-8-9-13-14(10-12)18-15(17-13)16-11-6-4-2-1-3-5-7-11/h8-11H,1-7H2,(H2,16,17,18). The molecule has 0 saturated heterocycles. The third-order valence-corrected chi connectivity index (χ3v) is 4.12. The van der Waals surface area contributed by atoms with Gasteiger partial charge in [-0.25, -0.2) is 4.98 Å².